The lowest BCUT2D eigenvalue weighted by Gasteiger charge is -2.17. The fraction of sp³-hybridized carbons (Fsp3) is 0.808. The Morgan fingerprint density at radius 3 is 1.52 bits per heavy atom. The van der Waals surface area contributed by atoms with Gasteiger partial charge >= 0.3 is 0 Å². The number of nitrogens with zero attached hydrogens (tertiary/aromatic N) is 1. The molecule has 1 nitrogen and oxygen atoms in total. The van der Waals surface area contributed by atoms with Gasteiger partial charge in [-0.3, -0.25) is 4.98 Å². The molecule has 0 aliphatic rings. The zero-order chi connectivity index (χ0) is 22.4. The van der Waals surface area contributed by atoms with Gasteiger partial charge in [0.25, 0.3) is 0 Å². The van der Waals surface area contributed by atoms with E-state index in [1.807, 2.05) is 41.5 Å². The van der Waals surface area contributed by atoms with E-state index in [1.165, 1.54) is 36.2 Å². The molecule has 0 saturated heterocycles. The van der Waals surface area contributed by atoms with Gasteiger partial charge in [-0.2, -0.15) is 0 Å². The van der Waals surface area contributed by atoms with Crippen molar-refractivity contribution in [1.29, 1.82) is 0 Å². The third-order valence-electron chi connectivity index (χ3n) is 4.30. The van der Waals surface area contributed by atoms with Crippen LogP contribution in [0.25, 0.3) is 0 Å². The SMILES string of the molecule is CC.CC.CC.CCCC(CC)C(C)C.CCc1ccc(C(C)C)c(C)n1. The zero-order valence-electron chi connectivity index (χ0n) is 21.7. The Morgan fingerprint density at radius 2 is 1.30 bits per heavy atom. The van der Waals surface area contributed by atoms with E-state index in [9.17, 15) is 0 Å². The topological polar surface area (TPSA) is 12.9 Å². The summed E-state index contributed by atoms with van der Waals surface area (Å²) in [6.45, 7) is 29.8. The van der Waals surface area contributed by atoms with Gasteiger partial charge in [-0.1, -0.05) is 115 Å². The molecule has 1 rings (SSSR count). The number of aromatic nitrogens is 1. The van der Waals surface area contributed by atoms with Crippen molar-refractivity contribution in [2.75, 3.05) is 0 Å². The van der Waals surface area contributed by atoms with E-state index >= 15 is 0 Å². The first-order chi connectivity index (χ1) is 12.9. The molecule has 0 spiro atoms. The zero-order valence-corrected chi connectivity index (χ0v) is 21.7. The van der Waals surface area contributed by atoms with Crippen molar-refractivity contribution < 1.29 is 0 Å². The van der Waals surface area contributed by atoms with Crippen LogP contribution in [0.15, 0.2) is 12.1 Å². The lowest BCUT2D eigenvalue weighted by Crippen LogP contribution is -2.06. The van der Waals surface area contributed by atoms with Crippen LogP contribution in [0.4, 0.5) is 0 Å². The molecule has 1 heterocycles. The first-order valence-corrected chi connectivity index (χ1v) is 11.8. The van der Waals surface area contributed by atoms with Gasteiger partial charge in [0.05, 0.1) is 0 Å². The van der Waals surface area contributed by atoms with Gasteiger partial charge in [-0.05, 0) is 42.7 Å². The molecule has 27 heavy (non-hydrogen) atoms. The van der Waals surface area contributed by atoms with Crippen LogP contribution in [0.5, 0.6) is 0 Å². The molecule has 0 saturated carbocycles. The maximum atomic E-state index is 4.51. The van der Waals surface area contributed by atoms with Crippen molar-refractivity contribution in [3.63, 3.8) is 0 Å². The summed E-state index contributed by atoms with van der Waals surface area (Å²) < 4.78 is 0. The smallest absolute Gasteiger partial charge is 0.0410 e. The normalized spacial score (nSPS) is 10.2. The number of hydrogen-bond donors (Lipinski definition) is 0. The first kappa shape index (κ1) is 33.7. The van der Waals surface area contributed by atoms with Crippen molar-refractivity contribution in [1.82, 2.24) is 4.98 Å². The predicted molar refractivity (Wildman–Crippen MR) is 130 cm³/mol. The minimum atomic E-state index is 0.586. The summed E-state index contributed by atoms with van der Waals surface area (Å²) in [4.78, 5) is 4.51. The molecule has 1 atom stereocenters. The molecule has 1 heteroatoms. The van der Waals surface area contributed by atoms with Gasteiger partial charge in [-0.15, -0.1) is 0 Å². The second-order valence-corrected chi connectivity index (χ2v) is 6.69. The van der Waals surface area contributed by atoms with Gasteiger partial charge in [0.2, 0.25) is 0 Å². The summed E-state index contributed by atoms with van der Waals surface area (Å²) in [5, 5.41) is 0. The molecule has 0 aromatic carbocycles. The van der Waals surface area contributed by atoms with Gasteiger partial charge in [-0.25, -0.2) is 0 Å². The van der Waals surface area contributed by atoms with Crippen molar-refractivity contribution in [3.8, 4) is 0 Å². The lowest BCUT2D eigenvalue weighted by molar-refractivity contribution is 0.346. The van der Waals surface area contributed by atoms with E-state index in [1.54, 1.807) is 0 Å². The summed E-state index contributed by atoms with van der Waals surface area (Å²) in [5.41, 5.74) is 3.74. The van der Waals surface area contributed by atoms with Crippen LogP contribution >= 0.6 is 0 Å². The summed E-state index contributed by atoms with van der Waals surface area (Å²) >= 11 is 0. The Kier molecular flexibility index (Phi) is 31.4. The predicted octanol–water partition coefficient (Wildman–Crippen LogP) is 9.62. The number of hydrogen-bond acceptors (Lipinski definition) is 1. The highest BCUT2D eigenvalue weighted by molar-refractivity contribution is 5.24. The van der Waals surface area contributed by atoms with E-state index in [2.05, 4.69) is 72.5 Å². The monoisotopic (exact) mass is 381 g/mol. The summed E-state index contributed by atoms with van der Waals surface area (Å²) in [6.07, 6.45) is 5.13. The average Bonchev–Trinajstić information content (AvgIpc) is 2.70. The Morgan fingerprint density at radius 1 is 0.815 bits per heavy atom. The summed E-state index contributed by atoms with van der Waals surface area (Å²) in [5.74, 6) is 2.44. The maximum Gasteiger partial charge on any atom is 0.0410 e. The van der Waals surface area contributed by atoms with Crippen LogP contribution in [0.1, 0.15) is 132 Å². The van der Waals surface area contributed by atoms with Gasteiger partial charge < -0.3 is 0 Å². The first-order valence-electron chi connectivity index (χ1n) is 11.8. The minimum Gasteiger partial charge on any atom is -0.258 e. The molecule has 0 fully saturated rings. The van der Waals surface area contributed by atoms with Crippen molar-refractivity contribution in [2.24, 2.45) is 11.8 Å². The third kappa shape index (κ3) is 18.3. The molecule has 1 aromatic rings. The van der Waals surface area contributed by atoms with Gasteiger partial charge in [0.1, 0.15) is 0 Å². The van der Waals surface area contributed by atoms with Gasteiger partial charge in [0.15, 0.2) is 0 Å². The van der Waals surface area contributed by atoms with Crippen molar-refractivity contribution in [3.05, 3.63) is 29.1 Å². The highest BCUT2D eigenvalue weighted by Crippen LogP contribution is 2.19. The Bertz CT molecular complexity index is 380. The largest absolute Gasteiger partial charge is 0.258 e. The molecule has 0 N–H and O–H groups in total. The molecule has 1 unspecified atom stereocenters. The van der Waals surface area contributed by atoms with Crippen LogP contribution in [0, 0.1) is 18.8 Å². The van der Waals surface area contributed by atoms with Crippen LogP contribution in [-0.4, -0.2) is 4.98 Å². The molecule has 0 bridgehead atoms. The highest BCUT2D eigenvalue weighted by atomic mass is 14.7. The van der Waals surface area contributed by atoms with Crippen LogP contribution in [0.2, 0.25) is 0 Å². The molecule has 1 aromatic heterocycles. The molecule has 0 radical (unpaired) electrons. The van der Waals surface area contributed by atoms with Crippen LogP contribution < -0.4 is 0 Å². The molecular formula is C26H55N. The number of rotatable bonds is 6. The molecule has 0 aliphatic carbocycles. The second kappa shape index (κ2) is 25.1. The van der Waals surface area contributed by atoms with E-state index in [4.69, 9.17) is 0 Å². The Hall–Kier alpha value is -0.850. The molecule has 0 aliphatic heterocycles. The quantitative estimate of drug-likeness (QED) is 0.478. The van der Waals surface area contributed by atoms with E-state index in [0.29, 0.717) is 5.92 Å². The standard InChI is InChI=1S/C11H17N.C9H20.3C2H6/c1-5-10-6-7-11(8(2)3)9(4)12-10;1-5-7-9(6-2)8(3)4;3*1-2/h6-8H,5H2,1-4H3;8-9H,5-7H2,1-4H3;3*1-2H3. The van der Waals surface area contributed by atoms with E-state index in [-0.39, 0.29) is 0 Å². The van der Waals surface area contributed by atoms with Crippen LogP contribution in [0.3, 0.4) is 0 Å². The fourth-order valence-electron chi connectivity index (χ4n) is 2.81. The van der Waals surface area contributed by atoms with E-state index < -0.39 is 0 Å². The molecular weight excluding hydrogens is 326 g/mol. The Balaban J connectivity index is -0.000000157. The highest BCUT2D eigenvalue weighted by Gasteiger charge is 2.08. The summed E-state index contributed by atoms with van der Waals surface area (Å²) in [6, 6.07) is 4.33. The lowest BCUT2D eigenvalue weighted by atomic mass is 9.89. The van der Waals surface area contributed by atoms with E-state index in [0.717, 1.165) is 18.3 Å². The number of aryl methyl sites for hydroxylation is 2. The van der Waals surface area contributed by atoms with Crippen LogP contribution in [-0.2, 0) is 6.42 Å². The maximum absolute atomic E-state index is 4.51. The molecule has 0 amide bonds. The second-order valence-electron chi connectivity index (χ2n) is 6.69. The summed E-state index contributed by atoms with van der Waals surface area (Å²) in [7, 11) is 0. The number of pyridine rings is 1. The van der Waals surface area contributed by atoms with Crippen molar-refractivity contribution >= 4 is 0 Å². The minimum absolute atomic E-state index is 0.586. The van der Waals surface area contributed by atoms with Gasteiger partial charge in [0, 0.05) is 11.4 Å². The third-order valence-corrected chi connectivity index (χ3v) is 4.30. The Labute approximate surface area is 174 Å². The average molecular weight is 382 g/mol. The van der Waals surface area contributed by atoms with Crippen molar-refractivity contribution in [2.45, 2.75) is 129 Å². The molecule has 164 valence electrons. The fourth-order valence-corrected chi connectivity index (χ4v) is 2.81.